The van der Waals surface area contributed by atoms with Crippen molar-refractivity contribution in [2.24, 2.45) is 0 Å². The fraction of sp³-hybridized carbons (Fsp3) is 0.211. The number of anilines is 1. The average Bonchev–Trinajstić information content (AvgIpc) is 2.62. The SMILES string of the molecule is O=c1cc(N2CCOCC2)c2cc(-c3ccccc3)ccc2o1. The minimum Gasteiger partial charge on any atom is -0.423 e. The van der Waals surface area contributed by atoms with Crippen molar-refractivity contribution in [3.8, 4) is 11.1 Å². The summed E-state index contributed by atoms with van der Waals surface area (Å²) in [5, 5.41) is 0.966. The van der Waals surface area contributed by atoms with Crippen molar-refractivity contribution in [2.45, 2.75) is 0 Å². The van der Waals surface area contributed by atoms with Crippen LogP contribution in [0.4, 0.5) is 5.69 Å². The molecule has 0 aliphatic carbocycles. The maximum atomic E-state index is 11.9. The Morgan fingerprint density at radius 2 is 1.65 bits per heavy atom. The number of rotatable bonds is 2. The van der Waals surface area contributed by atoms with E-state index in [1.807, 2.05) is 30.3 Å². The average molecular weight is 307 g/mol. The van der Waals surface area contributed by atoms with Gasteiger partial charge in [0.25, 0.3) is 0 Å². The molecule has 0 bridgehead atoms. The van der Waals surface area contributed by atoms with Gasteiger partial charge in [0.1, 0.15) is 5.58 Å². The summed E-state index contributed by atoms with van der Waals surface area (Å²) in [7, 11) is 0. The van der Waals surface area contributed by atoms with Crippen LogP contribution in [0.1, 0.15) is 0 Å². The van der Waals surface area contributed by atoms with E-state index in [4.69, 9.17) is 9.15 Å². The van der Waals surface area contributed by atoms with E-state index in [9.17, 15) is 4.79 Å². The highest BCUT2D eigenvalue weighted by atomic mass is 16.5. The Morgan fingerprint density at radius 3 is 2.43 bits per heavy atom. The predicted molar refractivity (Wildman–Crippen MR) is 91.0 cm³/mol. The van der Waals surface area contributed by atoms with Gasteiger partial charge in [-0.1, -0.05) is 36.4 Å². The molecule has 0 N–H and O–H groups in total. The fourth-order valence-electron chi connectivity index (χ4n) is 3.02. The molecule has 1 saturated heterocycles. The molecule has 2 heterocycles. The summed E-state index contributed by atoms with van der Waals surface area (Å²) >= 11 is 0. The first-order valence-corrected chi connectivity index (χ1v) is 7.77. The summed E-state index contributed by atoms with van der Waals surface area (Å²) in [6, 6.07) is 17.8. The van der Waals surface area contributed by atoms with Crippen molar-refractivity contribution in [2.75, 3.05) is 31.2 Å². The van der Waals surface area contributed by atoms with Gasteiger partial charge < -0.3 is 14.1 Å². The summed E-state index contributed by atoms with van der Waals surface area (Å²) in [4.78, 5) is 14.1. The Morgan fingerprint density at radius 1 is 0.870 bits per heavy atom. The van der Waals surface area contributed by atoms with E-state index in [1.54, 1.807) is 6.07 Å². The minimum absolute atomic E-state index is 0.313. The Hall–Kier alpha value is -2.59. The lowest BCUT2D eigenvalue weighted by molar-refractivity contribution is 0.123. The molecule has 4 heteroatoms. The minimum atomic E-state index is -0.313. The van der Waals surface area contributed by atoms with Gasteiger partial charge in [-0.3, -0.25) is 0 Å². The van der Waals surface area contributed by atoms with Gasteiger partial charge in [-0.2, -0.15) is 0 Å². The summed E-state index contributed by atoms with van der Waals surface area (Å²) in [5.74, 6) is 0. The number of fused-ring (bicyclic) bond motifs is 1. The summed E-state index contributed by atoms with van der Waals surface area (Å²) < 4.78 is 10.8. The van der Waals surface area contributed by atoms with Gasteiger partial charge in [0.2, 0.25) is 0 Å². The van der Waals surface area contributed by atoms with E-state index in [1.165, 1.54) is 0 Å². The molecule has 4 nitrogen and oxygen atoms in total. The standard InChI is InChI=1S/C19H17NO3/c21-19-13-17(20-8-10-22-11-9-20)16-12-15(6-7-18(16)23-19)14-4-2-1-3-5-14/h1-7,12-13H,8-11H2. The summed E-state index contributed by atoms with van der Waals surface area (Å²) in [6.45, 7) is 2.93. The van der Waals surface area contributed by atoms with Crippen molar-refractivity contribution >= 4 is 16.7 Å². The van der Waals surface area contributed by atoms with Crippen LogP contribution in [0.5, 0.6) is 0 Å². The molecule has 1 fully saturated rings. The molecule has 1 aliphatic heterocycles. The van der Waals surface area contributed by atoms with E-state index in [2.05, 4.69) is 23.1 Å². The lowest BCUT2D eigenvalue weighted by Crippen LogP contribution is -2.36. The molecule has 0 unspecified atom stereocenters. The third-order valence-corrected chi connectivity index (χ3v) is 4.18. The highest BCUT2D eigenvalue weighted by Crippen LogP contribution is 2.30. The highest BCUT2D eigenvalue weighted by molar-refractivity contribution is 5.93. The second-order valence-corrected chi connectivity index (χ2v) is 5.63. The Bertz CT molecular complexity index is 880. The number of nitrogens with zero attached hydrogens (tertiary/aromatic N) is 1. The van der Waals surface area contributed by atoms with Crippen LogP contribution in [0.2, 0.25) is 0 Å². The van der Waals surface area contributed by atoms with Crippen LogP contribution in [-0.4, -0.2) is 26.3 Å². The van der Waals surface area contributed by atoms with Gasteiger partial charge in [0, 0.05) is 24.5 Å². The van der Waals surface area contributed by atoms with Crippen molar-refractivity contribution in [3.63, 3.8) is 0 Å². The molecule has 0 spiro atoms. The van der Waals surface area contributed by atoms with Gasteiger partial charge in [-0.05, 0) is 23.3 Å². The zero-order chi connectivity index (χ0) is 15.6. The van der Waals surface area contributed by atoms with E-state index in [-0.39, 0.29) is 5.63 Å². The molecule has 0 atom stereocenters. The third-order valence-electron chi connectivity index (χ3n) is 4.18. The van der Waals surface area contributed by atoms with Crippen LogP contribution in [0.3, 0.4) is 0 Å². The molecule has 0 amide bonds. The van der Waals surface area contributed by atoms with E-state index in [0.29, 0.717) is 18.8 Å². The van der Waals surface area contributed by atoms with Crippen molar-refractivity contribution in [1.29, 1.82) is 0 Å². The monoisotopic (exact) mass is 307 g/mol. The Balaban J connectivity index is 1.88. The van der Waals surface area contributed by atoms with Crippen LogP contribution < -0.4 is 10.5 Å². The second kappa shape index (κ2) is 5.89. The Labute approximate surface area is 133 Å². The van der Waals surface area contributed by atoms with E-state index in [0.717, 1.165) is 35.3 Å². The van der Waals surface area contributed by atoms with Crippen LogP contribution in [0, 0.1) is 0 Å². The fourth-order valence-corrected chi connectivity index (χ4v) is 3.02. The maximum Gasteiger partial charge on any atom is 0.338 e. The van der Waals surface area contributed by atoms with Gasteiger partial charge in [0.05, 0.1) is 18.9 Å². The van der Waals surface area contributed by atoms with Crippen LogP contribution in [-0.2, 0) is 4.74 Å². The summed E-state index contributed by atoms with van der Waals surface area (Å²) in [6.07, 6.45) is 0. The molecule has 2 aromatic carbocycles. The lowest BCUT2D eigenvalue weighted by Gasteiger charge is -2.29. The van der Waals surface area contributed by atoms with Gasteiger partial charge in [0.15, 0.2) is 0 Å². The highest BCUT2D eigenvalue weighted by Gasteiger charge is 2.16. The molecule has 0 saturated carbocycles. The molecule has 116 valence electrons. The largest absolute Gasteiger partial charge is 0.423 e. The number of benzene rings is 2. The molecule has 4 rings (SSSR count). The first-order valence-electron chi connectivity index (χ1n) is 7.77. The zero-order valence-electron chi connectivity index (χ0n) is 12.7. The van der Waals surface area contributed by atoms with E-state index < -0.39 is 0 Å². The topological polar surface area (TPSA) is 42.7 Å². The number of ether oxygens (including phenoxy) is 1. The van der Waals surface area contributed by atoms with Gasteiger partial charge in [-0.25, -0.2) is 4.79 Å². The molecule has 1 aromatic heterocycles. The first-order chi connectivity index (χ1) is 11.3. The quantitative estimate of drug-likeness (QED) is 0.681. The number of morpholine rings is 1. The second-order valence-electron chi connectivity index (χ2n) is 5.63. The van der Waals surface area contributed by atoms with Crippen molar-refractivity contribution in [1.82, 2.24) is 0 Å². The van der Waals surface area contributed by atoms with Crippen LogP contribution in [0.25, 0.3) is 22.1 Å². The van der Waals surface area contributed by atoms with E-state index >= 15 is 0 Å². The van der Waals surface area contributed by atoms with Crippen LogP contribution >= 0.6 is 0 Å². The molecular formula is C19H17NO3. The normalized spacial score (nSPS) is 15.0. The summed E-state index contributed by atoms with van der Waals surface area (Å²) in [5.41, 5.74) is 3.50. The predicted octanol–water partition coefficient (Wildman–Crippen LogP) is 3.30. The third kappa shape index (κ3) is 2.73. The first kappa shape index (κ1) is 14.0. The van der Waals surface area contributed by atoms with Crippen LogP contribution in [0.15, 0.2) is 63.8 Å². The van der Waals surface area contributed by atoms with Gasteiger partial charge in [-0.15, -0.1) is 0 Å². The molecule has 0 radical (unpaired) electrons. The maximum absolute atomic E-state index is 11.9. The number of hydrogen-bond donors (Lipinski definition) is 0. The van der Waals surface area contributed by atoms with Crippen molar-refractivity contribution < 1.29 is 9.15 Å². The zero-order valence-corrected chi connectivity index (χ0v) is 12.7. The molecular weight excluding hydrogens is 290 g/mol. The number of hydrogen-bond acceptors (Lipinski definition) is 4. The molecule has 3 aromatic rings. The molecule has 1 aliphatic rings. The lowest BCUT2D eigenvalue weighted by atomic mass is 10.0. The van der Waals surface area contributed by atoms with Gasteiger partial charge >= 0.3 is 5.63 Å². The molecule has 23 heavy (non-hydrogen) atoms. The Kier molecular flexibility index (Phi) is 3.60. The smallest absolute Gasteiger partial charge is 0.338 e. The van der Waals surface area contributed by atoms with Crippen molar-refractivity contribution in [3.05, 3.63) is 65.0 Å².